The Morgan fingerprint density at radius 3 is 2.29 bits per heavy atom. The van der Waals surface area contributed by atoms with Crippen molar-refractivity contribution in [1.29, 1.82) is 0 Å². The molecule has 0 atom stereocenters. The van der Waals surface area contributed by atoms with Crippen LogP contribution in [0.2, 0.25) is 5.02 Å². The summed E-state index contributed by atoms with van der Waals surface area (Å²) in [4.78, 5) is 29.4. The molecule has 0 fully saturated rings. The highest BCUT2D eigenvalue weighted by Crippen LogP contribution is 2.39. The Kier molecular flexibility index (Phi) is 8.91. The molecule has 2 amide bonds. The Morgan fingerprint density at radius 2 is 1.62 bits per heavy atom. The fourth-order valence-corrected chi connectivity index (χ4v) is 4.94. The van der Waals surface area contributed by atoms with Crippen LogP contribution in [0.3, 0.4) is 0 Å². The molecule has 7 nitrogen and oxygen atoms in total. The Labute approximate surface area is 251 Å². The van der Waals surface area contributed by atoms with Crippen molar-refractivity contribution < 1.29 is 14.3 Å². The average Bonchev–Trinajstić information content (AvgIpc) is 3.30. The third-order valence-corrected chi connectivity index (χ3v) is 7.20. The summed E-state index contributed by atoms with van der Waals surface area (Å²) < 4.78 is 5.98. The second kappa shape index (κ2) is 12.9. The van der Waals surface area contributed by atoms with E-state index in [1.165, 1.54) is 0 Å². The van der Waals surface area contributed by atoms with E-state index < -0.39 is 0 Å². The molecule has 0 saturated heterocycles. The number of carbonyl (C=O) groups excluding carboxylic acids is 2. The number of nitrogens with one attached hydrogen (secondary N) is 2. The Hall–Kier alpha value is -4.59. The van der Waals surface area contributed by atoms with Gasteiger partial charge in [-0.1, -0.05) is 48.0 Å². The molecule has 8 heteroatoms. The number of rotatable bonds is 10. The minimum Gasteiger partial charge on any atom is -0.489 e. The van der Waals surface area contributed by atoms with Crippen molar-refractivity contribution >= 4 is 51.7 Å². The van der Waals surface area contributed by atoms with Crippen molar-refractivity contribution in [2.75, 3.05) is 42.7 Å². The number of likely N-dealkylation sites (N-methyl/N-ethyl adjacent to an activating group) is 1. The van der Waals surface area contributed by atoms with Gasteiger partial charge >= 0.3 is 0 Å². The van der Waals surface area contributed by atoms with Gasteiger partial charge in [-0.2, -0.15) is 0 Å². The highest BCUT2D eigenvalue weighted by molar-refractivity contribution is 6.38. The molecule has 4 aromatic carbocycles. The number of hydrogen-bond acceptors (Lipinski definition) is 5. The maximum Gasteiger partial charge on any atom is 0.258 e. The Morgan fingerprint density at radius 1 is 0.905 bits per heavy atom. The first-order chi connectivity index (χ1) is 20.3. The number of nitrogens with zero attached hydrogens (tertiary/aromatic N) is 2. The smallest absolute Gasteiger partial charge is 0.258 e. The number of fused-ring (bicyclic) bond motifs is 1. The summed E-state index contributed by atoms with van der Waals surface area (Å²) in [5.74, 6) is 0.483. The SMILES string of the molecule is CC(=O)N(CCN(C)C)c1ccc(N/C(=C2\C(=O)Nc3cc(Cl)ccc32)c2ccc(OCc3ccccc3)cc2)cc1. The van der Waals surface area contributed by atoms with E-state index in [0.717, 1.165) is 40.4 Å². The van der Waals surface area contributed by atoms with Gasteiger partial charge in [-0.3, -0.25) is 9.59 Å². The van der Waals surface area contributed by atoms with E-state index in [4.69, 9.17) is 16.3 Å². The molecule has 0 spiro atoms. The van der Waals surface area contributed by atoms with E-state index in [2.05, 4.69) is 10.6 Å². The lowest BCUT2D eigenvalue weighted by Gasteiger charge is -2.23. The number of hydrogen-bond donors (Lipinski definition) is 2. The third-order valence-electron chi connectivity index (χ3n) is 6.97. The van der Waals surface area contributed by atoms with Gasteiger partial charge in [0.15, 0.2) is 0 Å². The quantitative estimate of drug-likeness (QED) is 0.203. The summed E-state index contributed by atoms with van der Waals surface area (Å²) in [5.41, 5.74) is 6.07. The van der Waals surface area contributed by atoms with Gasteiger partial charge in [0.05, 0.1) is 17.0 Å². The van der Waals surface area contributed by atoms with Gasteiger partial charge in [0.25, 0.3) is 5.91 Å². The molecule has 1 aliphatic heterocycles. The lowest BCUT2D eigenvalue weighted by molar-refractivity contribution is -0.116. The van der Waals surface area contributed by atoms with Crippen LogP contribution in [0.25, 0.3) is 11.3 Å². The number of carbonyl (C=O) groups is 2. The summed E-state index contributed by atoms with van der Waals surface area (Å²) in [6.45, 7) is 3.36. The van der Waals surface area contributed by atoms with Crippen LogP contribution in [0.4, 0.5) is 17.1 Å². The van der Waals surface area contributed by atoms with Crippen molar-refractivity contribution in [3.8, 4) is 5.75 Å². The normalized spacial score (nSPS) is 13.4. The number of halogens is 1. The number of anilines is 3. The largest absolute Gasteiger partial charge is 0.489 e. The lowest BCUT2D eigenvalue weighted by Crippen LogP contribution is -2.35. The molecule has 4 aromatic rings. The maximum absolute atomic E-state index is 13.3. The number of benzene rings is 4. The predicted molar refractivity (Wildman–Crippen MR) is 171 cm³/mol. The van der Waals surface area contributed by atoms with Gasteiger partial charge < -0.3 is 25.2 Å². The first-order valence-corrected chi connectivity index (χ1v) is 14.1. The van der Waals surface area contributed by atoms with Gasteiger partial charge in [0, 0.05) is 42.0 Å². The summed E-state index contributed by atoms with van der Waals surface area (Å²) in [7, 11) is 3.96. The maximum atomic E-state index is 13.3. The molecule has 0 aromatic heterocycles. The highest BCUT2D eigenvalue weighted by atomic mass is 35.5. The molecule has 42 heavy (non-hydrogen) atoms. The van der Waals surface area contributed by atoms with Crippen LogP contribution in [-0.4, -0.2) is 43.9 Å². The van der Waals surface area contributed by atoms with Crippen molar-refractivity contribution in [3.63, 3.8) is 0 Å². The predicted octanol–water partition coefficient (Wildman–Crippen LogP) is 6.77. The van der Waals surface area contributed by atoms with E-state index in [9.17, 15) is 9.59 Å². The molecule has 214 valence electrons. The van der Waals surface area contributed by atoms with E-state index >= 15 is 0 Å². The van der Waals surface area contributed by atoms with Crippen LogP contribution in [0.1, 0.15) is 23.6 Å². The standard InChI is InChI=1S/C34H33ClN4O3/c1-23(40)39(20-19-38(2)3)28-14-12-27(13-15-28)36-33(32-30-18-11-26(35)21-31(30)37-34(32)41)25-9-16-29(17-10-25)42-22-24-7-5-4-6-8-24/h4-18,21,36H,19-20,22H2,1-3H3,(H,37,41)/b33-32-. The number of ether oxygens (including phenoxy) is 1. The first-order valence-electron chi connectivity index (χ1n) is 13.7. The number of amides is 2. The molecule has 0 unspecified atom stereocenters. The van der Waals surface area contributed by atoms with E-state index in [1.54, 1.807) is 24.0 Å². The fourth-order valence-electron chi connectivity index (χ4n) is 4.77. The molecule has 0 aliphatic carbocycles. The molecule has 2 N–H and O–H groups in total. The van der Waals surface area contributed by atoms with Crippen LogP contribution in [0.5, 0.6) is 5.75 Å². The second-order valence-corrected chi connectivity index (χ2v) is 10.8. The van der Waals surface area contributed by atoms with Crippen LogP contribution < -0.4 is 20.3 Å². The minimum atomic E-state index is -0.220. The average molecular weight is 581 g/mol. The van der Waals surface area contributed by atoms with Gasteiger partial charge in [-0.15, -0.1) is 0 Å². The zero-order valence-corrected chi connectivity index (χ0v) is 24.6. The zero-order valence-electron chi connectivity index (χ0n) is 23.9. The summed E-state index contributed by atoms with van der Waals surface area (Å²) >= 11 is 6.21. The van der Waals surface area contributed by atoms with Gasteiger partial charge in [-0.25, -0.2) is 0 Å². The minimum absolute atomic E-state index is 0.0205. The molecule has 0 bridgehead atoms. The van der Waals surface area contributed by atoms with Crippen LogP contribution in [0, 0.1) is 0 Å². The molecular formula is C34H33ClN4O3. The van der Waals surface area contributed by atoms with Crippen LogP contribution in [0.15, 0.2) is 97.1 Å². The summed E-state index contributed by atoms with van der Waals surface area (Å²) in [6, 6.07) is 30.7. The summed E-state index contributed by atoms with van der Waals surface area (Å²) in [5, 5.41) is 6.97. The Bertz CT molecular complexity index is 1600. The Balaban J connectivity index is 1.46. The van der Waals surface area contributed by atoms with Crippen molar-refractivity contribution in [2.45, 2.75) is 13.5 Å². The van der Waals surface area contributed by atoms with E-state index in [1.807, 2.05) is 104 Å². The molecule has 0 saturated carbocycles. The van der Waals surface area contributed by atoms with Crippen molar-refractivity contribution in [2.24, 2.45) is 0 Å². The van der Waals surface area contributed by atoms with E-state index in [0.29, 0.717) is 35.1 Å². The van der Waals surface area contributed by atoms with Crippen LogP contribution in [-0.2, 0) is 16.2 Å². The summed E-state index contributed by atoms with van der Waals surface area (Å²) in [6.07, 6.45) is 0. The van der Waals surface area contributed by atoms with Gasteiger partial charge in [0.1, 0.15) is 12.4 Å². The molecule has 1 aliphatic rings. The first kappa shape index (κ1) is 28.9. The van der Waals surface area contributed by atoms with Gasteiger partial charge in [0.2, 0.25) is 5.91 Å². The zero-order chi connectivity index (χ0) is 29.6. The van der Waals surface area contributed by atoms with Crippen molar-refractivity contribution in [3.05, 3.63) is 119 Å². The molecular weight excluding hydrogens is 548 g/mol. The second-order valence-electron chi connectivity index (χ2n) is 10.3. The van der Waals surface area contributed by atoms with E-state index in [-0.39, 0.29) is 11.8 Å². The molecule has 0 radical (unpaired) electrons. The van der Waals surface area contributed by atoms with Gasteiger partial charge in [-0.05, 0) is 85.9 Å². The molecule has 5 rings (SSSR count). The third kappa shape index (κ3) is 6.82. The molecule has 1 heterocycles. The topological polar surface area (TPSA) is 73.9 Å². The lowest BCUT2D eigenvalue weighted by atomic mass is 10.00. The fraction of sp³-hybridized carbons (Fsp3) is 0.176. The highest BCUT2D eigenvalue weighted by Gasteiger charge is 2.28. The van der Waals surface area contributed by atoms with Crippen LogP contribution >= 0.6 is 11.6 Å². The monoisotopic (exact) mass is 580 g/mol. The van der Waals surface area contributed by atoms with Crippen molar-refractivity contribution in [1.82, 2.24) is 4.90 Å².